The predicted molar refractivity (Wildman–Crippen MR) is 119 cm³/mol. The van der Waals surface area contributed by atoms with E-state index in [-0.39, 0.29) is 21.2 Å². The first-order valence-electron chi connectivity index (χ1n) is 8.76. The fourth-order valence-corrected chi connectivity index (χ4v) is 4.28. The molecule has 3 aromatic rings. The van der Waals surface area contributed by atoms with Gasteiger partial charge in [-0.3, -0.25) is 9.40 Å². The van der Waals surface area contributed by atoms with Crippen LogP contribution in [0.4, 0.5) is 5.82 Å². The quantitative estimate of drug-likeness (QED) is 0.496. The van der Waals surface area contributed by atoms with Crippen molar-refractivity contribution >= 4 is 50.6 Å². The second kappa shape index (κ2) is 8.19. The van der Waals surface area contributed by atoms with Gasteiger partial charge in [0.25, 0.3) is 10.0 Å². The maximum absolute atomic E-state index is 12.7. The van der Waals surface area contributed by atoms with Gasteiger partial charge < -0.3 is 0 Å². The van der Waals surface area contributed by atoms with Crippen LogP contribution in [0.3, 0.4) is 0 Å². The van der Waals surface area contributed by atoms with Crippen LogP contribution in [-0.4, -0.2) is 18.2 Å². The Morgan fingerprint density at radius 2 is 1.62 bits per heavy atom. The highest BCUT2D eigenvalue weighted by Gasteiger charge is 2.20. The normalized spacial score (nSPS) is 12.2. The Bertz CT molecular complexity index is 1130. The maximum atomic E-state index is 12.7. The first-order chi connectivity index (χ1) is 13.5. The summed E-state index contributed by atoms with van der Waals surface area (Å²) in [6.07, 6.45) is 1.55. The highest BCUT2D eigenvalue weighted by molar-refractivity contribution is 7.92. The van der Waals surface area contributed by atoms with Crippen LogP contribution in [0.5, 0.6) is 0 Å². The zero-order valence-corrected chi connectivity index (χ0v) is 19.2. The molecule has 1 N–H and O–H groups in total. The Hall–Kier alpha value is -1.73. The third-order valence-electron chi connectivity index (χ3n) is 4.31. The van der Waals surface area contributed by atoms with Crippen LogP contribution in [0.1, 0.15) is 31.9 Å². The van der Waals surface area contributed by atoms with Crippen molar-refractivity contribution in [3.8, 4) is 0 Å². The van der Waals surface area contributed by atoms with Gasteiger partial charge in [0.1, 0.15) is 5.02 Å². The standard InChI is InChI=1S/C20H20Cl3N3O2S/c1-20(2,3)14-5-7-15(8-6-14)29(27,28)25-19-18(23)12-26(24-19)11-13-4-9-16(21)17(22)10-13/h4-10,12H,11H2,1-3H3,(H,24,25). The first-order valence-corrected chi connectivity index (χ1v) is 11.4. The Morgan fingerprint density at radius 1 is 0.966 bits per heavy atom. The lowest BCUT2D eigenvalue weighted by Gasteiger charge is -2.19. The van der Waals surface area contributed by atoms with E-state index in [1.165, 1.54) is 4.68 Å². The fraction of sp³-hybridized carbons (Fsp3) is 0.250. The van der Waals surface area contributed by atoms with E-state index >= 15 is 0 Å². The Kier molecular flexibility index (Phi) is 6.20. The molecule has 0 aliphatic rings. The highest BCUT2D eigenvalue weighted by Crippen LogP contribution is 2.27. The molecule has 5 nitrogen and oxygen atoms in total. The molecule has 0 unspecified atom stereocenters. The summed E-state index contributed by atoms with van der Waals surface area (Å²) in [5, 5.41) is 5.33. The number of halogens is 3. The van der Waals surface area contributed by atoms with Crippen molar-refractivity contribution in [2.45, 2.75) is 37.6 Å². The molecule has 0 aliphatic carbocycles. The molecule has 0 saturated carbocycles. The smallest absolute Gasteiger partial charge is 0.263 e. The predicted octanol–water partition coefficient (Wildman–Crippen LogP) is 5.99. The molecule has 0 spiro atoms. The third kappa shape index (κ3) is 5.25. The number of nitrogens with zero attached hydrogens (tertiary/aromatic N) is 2. The van der Waals surface area contributed by atoms with E-state index < -0.39 is 10.0 Å². The van der Waals surface area contributed by atoms with Gasteiger partial charge in [-0.15, -0.1) is 0 Å². The Labute approximate surface area is 185 Å². The zero-order valence-electron chi connectivity index (χ0n) is 16.1. The van der Waals surface area contributed by atoms with Gasteiger partial charge in [-0.2, -0.15) is 5.10 Å². The lowest BCUT2D eigenvalue weighted by molar-refractivity contribution is 0.587. The van der Waals surface area contributed by atoms with Crippen molar-refractivity contribution in [2.24, 2.45) is 0 Å². The van der Waals surface area contributed by atoms with Gasteiger partial charge in [0, 0.05) is 6.20 Å². The summed E-state index contributed by atoms with van der Waals surface area (Å²) in [7, 11) is -3.82. The van der Waals surface area contributed by atoms with Crippen LogP contribution in [0, 0.1) is 0 Å². The second-order valence-electron chi connectivity index (χ2n) is 7.65. The summed E-state index contributed by atoms with van der Waals surface area (Å²) in [6, 6.07) is 12.0. The zero-order chi connectivity index (χ0) is 21.4. The molecule has 9 heteroatoms. The average molecular weight is 473 g/mol. The largest absolute Gasteiger partial charge is 0.265 e. The van der Waals surface area contributed by atoms with Crippen molar-refractivity contribution in [2.75, 3.05) is 4.72 Å². The Balaban J connectivity index is 1.80. The van der Waals surface area contributed by atoms with Gasteiger partial charge in [0.15, 0.2) is 5.82 Å². The molecule has 0 aliphatic heterocycles. The summed E-state index contributed by atoms with van der Waals surface area (Å²) in [6.45, 7) is 6.55. The molecule has 1 heterocycles. The van der Waals surface area contributed by atoms with E-state index in [9.17, 15) is 8.42 Å². The number of sulfonamides is 1. The maximum Gasteiger partial charge on any atom is 0.263 e. The van der Waals surface area contributed by atoms with Gasteiger partial charge in [-0.05, 0) is 40.8 Å². The summed E-state index contributed by atoms with van der Waals surface area (Å²) >= 11 is 18.1. The molecule has 2 aromatic carbocycles. The van der Waals surface area contributed by atoms with Crippen molar-refractivity contribution < 1.29 is 8.42 Å². The number of benzene rings is 2. The molecular weight excluding hydrogens is 453 g/mol. The van der Waals surface area contributed by atoms with Crippen LogP contribution < -0.4 is 4.72 Å². The molecule has 29 heavy (non-hydrogen) atoms. The summed E-state index contributed by atoms with van der Waals surface area (Å²) < 4.78 is 29.4. The van der Waals surface area contributed by atoms with Crippen molar-refractivity contribution in [3.05, 3.63) is 74.9 Å². The average Bonchev–Trinajstić information content (AvgIpc) is 2.96. The minimum absolute atomic E-state index is 0.0617. The second-order valence-corrected chi connectivity index (χ2v) is 10.6. The number of aromatic nitrogens is 2. The first kappa shape index (κ1) is 22.0. The minimum Gasteiger partial charge on any atom is -0.265 e. The molecule has 0 atom stereocenters. The van der Waals surface area contributed by atoms with E-state index in [2.05, 4.69) is 30.6 Å². The lowest BCUT2D eigenvalue weighted by Crippen LogP contribution is -2.15. The monoisotopic (exact) mass is 471 g/mol. The molecular formula is C20H20Cl3N3O2S. The molecule has 1 aromatic heterocycles. The number of rotatable bonds is 5. The molecule has 0 amide bonds. The topological polar surface area (TPSA) is 64.0 Å². The van der Waals surface area contributed by atoms with Crippen LogP contribution in [0.2, 0.25) is 15.1 Å². The molecule has 154 valence electrons. The number of hydrogen-bond donors (Lipinski definition) is 1. The van der Waals surface area contributed by atoms with Crippen molar-refractivity contribution in [3.63, 3.8) is 0 Å². The van der Waals surface area contributed by atoms with Crippen LogP contribution >= 0.6 is 34.8 Å². The van der Waals surface area contributed by atoms with Gasteiger partial charge in [0.05, 0.1) is 21.5 Å². The van der Waals surface area contributed by atoms with Gasteiger partial charge >= 0.3 is 0 Å². The van der Waals surface area contributed by atoms with Crippen molar-refractivity contribution in [1.82, 2.24) is 9.78 Å². The van der Waals surface area contributed by atoms with Crippen LogP contribution in [0.15, 0.2) is 53.6 Å². The molecule has 0 saturated heterocycles. The highest BCUT2D eigenvalue weighted by atomic mass is 35.5. The molecule has 0 bridgehead atoms. The van der Waals surface area contributed by atoms with E-state index in [1.807, 2.05) is 6.07 Å². The SMILES string of the molecule is CC(C)(C)c1ccc(S(=O)(=O)Nc2nn(Cc3ccc(Cl)c(Cl)c3)cc2Cl)cc1. The van der Waals surface area contributed by atoms with E-state index in [0.717, 1.165) is 11.1 Å². The minimum atomic E-state index is -3.82. The number of hydrogen-bond acceptors (Lipinski definition) is 3. The summed E-state index contributed by atoms with van der Waals surface area (Å²) in [5.41, 5.74) is 1.83. The van der Waals surface area contributed by atoms with E-state index in [1.54, 1.807) is 42.6 Å². The van der Waals surface area contributed by atoms with Gasteiger partial charge in [-0.25, -0.2) is 8.42 Å². The number of nitrogens with one attached hydrogen (secondary N) is 1. The summed E-state index contributed by atoms with van der Waals surface area (Å²) in [5.74, 6) is 0.0617. The molecule has 0 fully saturated rings. The lowest BCUT2D eigenvalue weighted by atomic mass is 9.87. The van der Waals surface area contributed by atoms with Crippen molar-refractivity contribution in [1.29, 1.82) is 0 Å². The Morgan fingerprint density at radius 3 is 2.21 bits per heavy atom. The van der Waals surface area contributed by atoms with E-state index in [0.29, 0.717) is 16.6 Å². The van der Waals surface area contributed by atoms with Crippen LogP contribution in [-0.2, 0) is 22.0 Å². The summed E-state index contributed by atoms with van der Waals surface area (Å²) in [4.78, 5) is 0.139. The van der Waals surface area contributed by atoms with Gasteiger partial charge in [-0.1, -0.05) is 73.8 Å². The number of anilines is 1. The third-order valence-corrected chi connectivity index (χ3v) is 6.68. The fourth-order valence-electron chi connectivity index (χ4n) is 2.69. The molecule has 3 rings (SSSR count). The molecule has 0 radical (unpaired) electrons. The van der Waals surface area contributed by atoms with Crippen LogP contribution in [0.25, 0.3) is 0 Å². The van der Waals surface area contributed by atoms with Gasteiger partial charge in [0.2, 0.25) is 0 Å². The van der Waals surface area contributed by atoms with E-state index in [4.69, 9.17) is 34.8 Å².